The van der Waals surface area contributed by atoms with E-state index >= 15 is 0 Å². The van der Waals surface area contributed by atoms with Crippen molar-refractivity contribution in [3.05, 3.63) is 48.0 Å². The van der Waals surface area contributed by atoms with Crippen molar-refractivity contribution in [2.24, 2.45) is 0 Å². The molecule has 0 radical (unpaired) electrons. The van der Waals surface area contributed by atoms with Crippen molar-refractivity contribution in [1.29, 1.82) is 5.26 Å². The van der Waals surface area contributed by atoms with Crippen LogP contribution in [0.2, 0.25) is 0 Å². The molecular weight excluding hydrogens is 282 g/mol. The summed E-state index contributed by atoms with van der Waals surface area (Å²) in [5.74, 6) is -0.443. The molecule has 0 unspecified atom stereocenters. The molecule has 0 heterocycles. The van der Waals surface area contributed by atoms with Gasteiger partial charge in [-0.3, -0.25) is 4.79 Å². The molecule has 1 aromatic rings. The van der Waals surface area contributed by atoms with Gasteiger partial charge < -0.3 is 15.4 Å². The maximum absolute atomic E-state index is 11.9. The van der Waals surface area contributed by atoms with E-state index in [0.717, 1.165) is 11.1 Å². The summed E-state index contributed by atoms with van der Waals surface area (Å²) in [6.45, 7) is 5.47. The van der Waals surface area contributed by atoms with Gasteiger partial charge in [0.15, 0.2) is 0 Å². The second-order valence-electron chi connectivity index (χ2n) is 4.80. The summed E-state index contributed by atoms with van der Waals surface area (Å²) >= 11 is 0. The molecule has 0 aliphatic heterocycles. The average molecular weight is 301 g/mol. The van der Waals surface area contributed by atoms with Gasteiger partial charge in [0, 0.05) is 0 Å². The van der Waals surface area contributed by atoms with Gasteiger partial charge in [0.05, 0.1) is 6.07 Å². The van der Waals surface area contributed by atoms with Crippen LogP contribution in [-0.2, 0) is 16.1 Å². The van der Waals surface area contributed by atoms with Crippen molar-refractivity contribution in [3.8, 4) is 6.07 Å². The smallest absolute Gasteiger partial charge is 0.408 e. The second kappa shape index (κ2) is 9.19. The number of hydrogen-bond acceptors (Lipinski definition) is 4. The Morgan fingerprint density at radius 2 is 2.05 bits per heavy atom. The Hall–Kier alpha value is -2.81. The first-order valence-corrected chi connectivity index (χ1v) is 6.79. The van der Waals surface area contributed by atoms with E-state index in [1.807, 2.05) is 36.4 Å². The van der Waals surface area contributed by atoms with Gasteiger partial charge >= 0.3 is 6.09 Å². The molecule has 0 bridgehead atoms. The standard InChI is InChI=1S/C16H19N3O3/c1-12(2)10-14(15(20)18-9-8-17)19-16(21)22-11-13-6-4-3-5-7-13/h3-7,14H,1,9-11H2,2H3,(H,18,20)(H,19,21)/t14-/m0/s1. The number of benzene rings is 1. The molecule has 2 N–H and O–H groups in total. The predicted octanol–water partition coefficient (Wildman–Crippen LogP) is 1.89. The van der Waals surface area contributed by atoms with Crippen molar-refractivity contribution in [1.82, 2.24) is 10.6 Å². The minimum absolute atomic E-state index is 0.117. The maximum atomic E-state index is 11.9. The highest BCUT2D eigenvalue weighted by molar-refractivity contribution is 5.86. The first kappa shape index (κ1) is 17.2. The molecule has 0 saturated carbocycles. The van der Waals surface area contributed by atoms with E-state index in [2.05, 4.69) is 17.2 Å². The van der Waals surface area contributed by atoms with E-state index < -0.39 is 18.0 Å². The predicted molar refractivity (Wildman–Crippen MR) is 81.6 cm³/mol. The molecule has 0 spiro atoms. The van der Waals surface area contributed by atoms with E-state index in [1.165, 1.54) is 0 Å². The lowest BCUT2D eigenvalue weighted by Crippen LogP contribution is -2.47. The van der Waals surface area contributed by atoms with Crippen molar-refractivity contribution in [3.63, 3.8) is 0 Å². The van der Waals surface area contributed by atoms with E-state index in [1.54, 1.807) is 6.92 Å². The zero-order chi connectivity index (χ0) is 16.4. The quantitative estimate of drug-likeness (QED) is 0.594. The Bertz CT molecular complexity index is 564. The Morgan fingerprint density at radius 1 is 1.36 bits per heavy atom. The lowest BCUT2D eigenvalue weighted by molar-refractivity contribution is -0.122. The highest BCUT2D eigenvalue weighted by Crippen LogP contribution is 2.04. The fourth-order valence-corrected chi connectivity index (χ4v) is 1.71. The summed E-state index contributed by atoms with van der Waals surface area (Å²) in [5, 5.41) is 13.4. The molecular formula is C16H19N3O3. The first-order valence-electron chi connectivity index (χ1n) is 6.79. The lowest BCUT2D eigenvalue weighted by atomic mass is 10.1. The first-order chi connectivity index (χ1) is 10.5. The fraction of sp³-hybridized carbons (Fsp3) is 0.312. The molecule has 0 fully saturated rings. The monoisotopic (exact) mass is 301 g/mol. The van der Waals surface area contributed by atoms with Crippen LogP contribution in [0.15, 0.2) is 42.5 Å². The normalized spacial score (nSPS) is 10.9. The number of hydrogen-bond donors (Lipinski definition) is 2. The molecule has 1 atom stereocenters. The maximum Gasteiger partial charge on any atom is 0.408 e. The van der Waals surface area contributed by atoms with Gasteiger partial charge in [0.25, 0.3) is 0 Å². The minimum Gasteiger partial charge on any atom is -0.445 e. The van der Waals surface area contributed by atoms with Gasteiger partial charge in [-0.1, -0.05) is 35.9 Å². The van der Waals surface area contributed by atoms with E-state index in [0.29, 0.717) is 0 Å². The number of ether oxygens (including phenoxy) is 1. The SMILES string of the molecule is C=C(C)C[C@H](NC(=O)OCc1ccccc1)C(=O)NCC#N. The van der Waals surface area contributed by atoms with Gasteiger partial charge in [0.1, 0.15) is 19.2 Å². The van der Waals surface area contributed by atoms with Crippen LogP contribution in [0.25, 0.3) is 0 Å². The van der Waals surface area contributed by atoms with Crippen molar-refractivity contribution < 1.29 is 14.3 Å². The molecule has 0 saturated heterocycles. The molecule has 1 rings (SSSR count). The third-order valence-electron chi connectivity index (χ3n) is 2.72. The molecule has 2 amide bonds. The fourth-order valence-electron chi connectivity index (χ4n) is 1.71. The van der Waals surface area contributed by atoms with Gasteiger partial charge in [-0.05, 0) is 18.9 Å². The zero-order valence-electron chi connectivity index (χ0n) is 12.5. The van der Waals surface area contributed by atoms with Crippen LogP contribution in [0.5, 0.6) is 0 Å². The summed E-state index contributed by atoms with van der Waals surface area (Å²) in [6, 6.07) is 10.2. The number of carbonyl (C=O) groups is 2. The third-order valence-corrected chi connectivity index (χ3v) is 2.72. The zero-order valence-corrected chi connectivity index (χ0v) is 12.5. The van der Waals surface area contributed by atoms with Crippen LogP contribution in [0, 0.1) is 11.3 Å². The van der Waals surface area contributed by atoms with Crippen LogP contribution in [0.1, 0.15) is 18.9 Å². The summed E-state index contributed by atoms with van der Waals surface area (Å²) < 4.78 is 5.07. The number of rotatable bonds is 7. The van der Waals surface area contributed by atoms with Crippen LogP contribution in [-0.4, -0.2) is 24.6 Å². The Morgan fingerprint density at radius 3 is 2.64 bits per heavy atom. The van der Waals surface area contributed by atoms with E-state index in [9.17, 15) is 9.59 Å². The molecule has 0 aliphatic rings. The number of nitrogens with zero attached hydrogens (tertiary/aromatic N) is 1. The van der Waals surface area contributed by atoms with Gasteiger partial charge in [-0.2, -0.15) is 5.26 Å². The largest absolute Gasteiger partial charge is 0.445 e. The average Bonchev–Trinajstić information content (AvgIpc) is 2.50. The Labute approximate surface area is 129 Å². The highest BCUT2D eigenvalue weighted by atomic mass is 16.5. The molecule has 0 aromatic heterocycles. The van der Waals surface area contributed by atoms with Gasteiger partial charge in [-0.25, -0.2) is 4.79 Å². The molecule has 1 aromatic carbocycles. The molecule has 6 nitrogen and oxygen atoms in total. The number of nitrogens with one attached hydrogen (secondary N) is 2. The minimum atomic E-state index is -0.811. The molecule has 6 heteroatoms. The number of alkyl carbamates (subject to hydrolysis) is 1. The van der Waals surface area contributed by atoms with E-state index in [4.69, 9.17) is 10.00 Å². The number of carbonyl (C=O) groups excluding carboxylic acids is 2. The molecule has 22 heavy (non-hydrogen) atoms. The summed E-state index contributed by atoms with van der Waals surface area (Å²) in [4.78, 5) is 23.7. The Balaban J connectivity index is 2.53. The highest BCUT2D eigenvalue weighted by Gasteiger charge is 2.21. The van der Waals surface area contributed by atoms with Crippen LogP contribution < -0.4 is 10.6 Å². The van der Waals surface area contributed by atoms with Crippen molar-refractivity contribution in [2.45, 2.75) is 26.0 Å². The van der Waals surface area contributed by atoms with Crippen LogP contribution >= 0.6 is 0 Å². The summed E-state index contributed by atoms with van der Waals surface area (Å²) in [7, 11) is 0. The number of amides is 2. The summed E-state index contributed by atoms with van der Waals surface area (Å²) in [5.41, 5.74) is 1.59. The van der Waals surface area contributed by atoms with E-state index in [-0.39, 0.29) is 19.6 Å². The van der Waals surface area contributed by atoms with Crippen LogP contribution in [0.3, 0.4) is 0 Å². The van der Waals surface area contributed by atoms with Gasteiger partial charge in [0.2, 0.25) is 5.91 Å². The summed E-state index contributed by atoms with van der Waals surface area (Å²) in [6.07, 6.45) is -0.417. The second-order valence-corrected chi connectivity index (χ2v) is 4.80. The van der Waals surface area contributed by atoms with Gasteiger partial charge in [-0.15, -0.1) is 6.58 Å². The van der Waals surface area contributed by atoms with Crippen LogP contribution in [0.4, 0.5) is 4.79 Å². The topological polar surface area (TPSA) is 91.2 Å². The molecule has 116 valence electrons. The van der Waals surface area contributed by atoms with Crippen molar-refractivity contribution in [2.75, 3.05) is 6.54 Å². The van der Waals surface area contributed by atoms with Crippen molar-refractivity contribution >= 4 is 12.0 Å². The number of nitriles is 1. The lowest BCUT2D eigenvalue weighted by Gasteiger charge is -2.17. The Kier molecular flexibility index (Phi) is 7.20. The molecule has 0 aliphatic carbocycles. The third kappa shape index (κ3) is 6.57.